The van der Waals surface area contributed by atoms with Crippen LogP contribution in [0.5, 0.6) is 0 Å². The average Bonchev–Trinajstić information content (AvgIpc) is 2.32. The van der Waals surface area contributed by atoms with Gasteiger partial charge in [-0.25, -0.2) is 0 Å². The molecule has 0 saturated carbocycles. The van der Waals surface area contributed by atoms with Crippen LogP contribution in [-0.2, 0) is 19.1 Å². The van der Waals surface area contributed by atoms with Gasteiger partial charge in [-0.1, -0.05) is 0 Å². The molecule has 6 heteroatoms. The van der Waals surface area contributed by atoms with Crippen LogP contribution < -0.4 is 11.1 Å². The normalized spacial score (nSPS) is 10.3. The van der Waals surface area contributed by atoms with Gasteiger partial charge in [0.25, 0.3) is 0 Å². The lowest BCUT2D eigenvalue weighted by Crippen LogP contribution is -2.27. The number of nitrogens with one attached hydrogen (secondary N) is 1. The molecule has 0 saturated heterocycles. The molecule has 0 fully saturated rings. The van der Waals surface area contributed by atoms with Crippen molar-refractivity contribution in [3.8, 4) is 0 Å². The summed E-state index contributed by atoms with van der Waals surface area (Å²) in [6.07, 6.45) is 2.21. The van der Waals surface area contributed by atoms with Gasteiger partial charge >= 0.3 is 0 Å². The molecule has 0 aliphatic rings. The zero-order chi connectivity index (χ0) is 13.6. The smallest absolute Gasteiger partial charge is 0.220 e. The third-order valence-corrected chi connectivity index (χ3v) is 2.10. The Morgan fingerprint density at radius 2 is 1.83 bits per heavy atom. The number of unbranched alkanes of at least 4 members (excludes halogenated alkanes) is 1. The molecule has 106 valence electrons. The van der Waals surface area contributed by atoms with Crippen LogP contribution in [0.2, 0.25) is 0 Å². The van der Waals surface area contributed by atoms with Crippen LogP contribution in [0.25, 0.3) is 0 Å². The van der Waals surface area contributed by atoms with Crippen LogP contribution in [0.15, 0.2) is 0 Å². The van der Waals surface area contributed by atoms with Gasteiger partial charge in [-0.15, -0.1) is 0 Å². The number of rotatable bonds is 12. The van der Waals surface area contributed by atoms with Crippen molar-refractivity contribution in [1.82, 2.24) is 5.32 Å². The summed E-state index contributed by atoms with van der Waals surface area (Å²) in [4.78, 5) is 21.8. The number of carbonyl (C=O) groups is 2. The fourth-order valence-corrected chi connectivity index (χ4v) is 1.22. The van der Waals surface area contributed by atoms with Gasteiger partial charge in [-0.3, -0.25) is 9.59 Å². The monoisotopic (exact) mass is 260 g/mol. The molecule has 0 radical (unpaired) electrons. The van der Waals surface area contributed by atoms with Crippen molar-refractivity contribution in [2.75, 3.05) is 39.5 Å². The predicted molar refractivity (Wildman–Crippen MR) is 68.2 cm³/mol. The van der Waals surface area contributed by atoms with E-state index in [1.807, 2.05) is 0 Å². The van der Waals surface area contributed by atoms with E-state index in [-0.39, 0.29) is 18.3 Å². The minimum atomic E-state index is -0.000238. The second-order valence-electron chi connectivity index (χ2n) is 3.96. The Kier molecular flexibility index (Phi) is 11.8. The van der Waals surface area contributed by atoms with Crippen molar-refractivity contribution >= 4 is 11.7 Å². The number of hydrogen-bond acceptors (Lipinski definition) is 5. The molecule has 1 amide bonds. The number of hydrogen-bond donors (Lipinski definition) is 2. The Morgan fingerprint density at radius 1 is 1.11 bits per heavy atom. The summed E-state index contributed by atoms with van der Waals surface area (Å²) in [5, 5.41) is 2.75. The number of carbonyl (C=O) groups excluding carboxylic acids is 2. The van der Waals surface area contributed by atoms with E-state index < -0.39 is 0 Å². The lowest BCUT2D eigenvalue weighted by molar-refractivity contribution is -0.123. The molecule has 0 aromatic rings. The molecule has 0 aliphatic carbocycles. The van der Waals surface area contributed by atoms with E-state index >= 15 is 0 Å². The molecule has 0 spiro atoms. The summed E-state index contributed by atoms with van der Waals surface area (Å²) in [5.74, 6) is 0.0274. The van der Waals surface area contributed by atoms with Crippen LogP contribution in [-0.4, -0.2) is 51.2 Å². The van der Waals surface area contributed by atoms with E-state index in [0.717, 1.165) is 12.8 Å². The summed E-state index contributed by atoms with van der Waals surface area (Å²) in [6, 6.07) is 0. The fraction of sp³-hybridized carbons (Fsp3) is 0.833. The molecule has 3 N–H and O–H groups in total. The lowest BCUT2D eigenvalue weighted by atomic mass is 10.2. The maximum Gasteiger partial charge on any atom is 0.220 e. The molecule has 0 aromatic carbocycles. The Morgan fingerprint density at radius 3 is 2.50 bits per heavy atom. The van der Waals surface area contributed by atoms with Gasteiger partial charge in [0.05, 0.1) is 19.8 Å². The third-order valence-electron chi connectivity index (χ3n) is 2.10. The Labute approximate surface area is 108 Å². The van der Waals surface area contributed by atoms with Crippen molar-refractivity contribution in [3.05, 3.63) is 0 Å². The van der Waals surface area contributed by atoms with Gasteiger partial charge < -0.3 is 20.5 Å². The maximum atomic E-state index is 11.3. The number of ether oxygens (including phenoxy) is 2. The van der Waals surface area contributed by atoms with Crippen LogP contribution in [0, 0.1) is 0 Å². The molecule has 18 heavy (non-hydrogen) atoms. The van der Waals surface area contributed by atoms with E-state index in [1.165, 1.54) is 6.92 Å². The molecule has 0 heterocycles. The molecule has 0 bridgehead atoms. The second-order valence-corrected chi connectivity index (χ2v) is 3.96. The van der Waals surface area contributed by atoms with E-state index in [0.29, 0.717) is 39.3 Å². The number of ketones is 1. The van der Waals surface area contributed by atoms with Crippen LogP contribution in [0.4, 0.5) is 0 Å². The highest BCUT2D eigenvalue weighted by Crippen LogP contribution is 1.92. The van der Waals surface area contributed by atoms with Gasteiger partial charge in [0.1, 0.15) is 6.61 Å². The van der Waals surface area contributed by atoms with E-state index in [1.54, 1.807) is 0 Å². The topological polar surface area (TPSA) is 90.6 Å². The highest BCUT2D eigenvalue weighted by molar-refractivity contribution is 5.76. The van der Waals surface area contributed by atoms with Gasteiger partial charge in [0.2, 0.25) is 5.91 Å². The Balaban J connectivity index is 3.15. The Bertz CT molecular complexity index is 234. The average molecular weight is 260 g/mol. The fourth-order valence-electron chi connectivity index (χ4n) is 1.22. The molecular weight excluding hydrogens is 236 g/mol. The van der Waals surface area contributed by atoms with Gasteiger partial charge in [-0.05, 0) is 26.3 Å². The molecule has 0 aromatic heterocycles. The largest absolute Gasteiger partial charge is 0.377 e. The zero-order valence-corrected chi connectivity index (χ0v) is 11.1. The minimum Gasteiger partial charge on any atom is -0.377 e. The van der Waals surface area contributed by atoms with Crippen molar-refractivity contribution in [2.24, 2.45) is 5.73 Å². The van der Waals surface area contributed by atoms with Crippen molar-refractivity contribution in [3.63, 3.8) is 0 Å². The van der Waals surface area contributed by atoms with E-state index in [9.17, 15) is 9.59 Å². The van der Waals surface area contributed by atoms with Gasteiger partial charge in [0.15, 0.2) is 5.78 Å². The first-order valence-corrected chi connectivity index (χ1v) is 6.28. The molecule has 0 rings (SSSR count). The van der Waals surface area contributed by atoms with Crippen molar-refractivity contribution in [1.29, 1.82) is 0 Å². The number of nitrogens with two attached hydrogens (primary N) is 1. The Hall–Kier alpha value is -0.980. The zero-order valence-electron chi connectivity index (χ0n) is 11.1. The molecule has 6 nitrogen and oxygen atoms in total. The van der Waals surface area contributed by atoms with Gasteiger partial charge in [-0.2, -0.15) is 0 Å². The first kappa shape index (κ1) is 17.0. The van der Waals surface area contributed by atoms with Crippen LogP contribution >= 0.6 is 0 Å². The van der Waals surface area contributed by atoms with E-state index in [4.69, 9.17) is 15.2 Å². The summed E-state index contributed by atoms with van der Waals surface area (Å²) < 4.78 is 10.2. The highest BCUT2D eigenvalue weighted by Gasteiger charge is 1.99. The maximum absolute atomic E-state index is 11.3. The summed E-state index contributed by atoms with van der Waals surface area (Å²) in [5.41, 5.74) is 5.33. The first-order chi connectivity index (χ1) is 8.66. The molecular formula is C12H24N2O4. The summed E-state index contributed by atoms with van der Waals surface area (Å²) in [7, 11) is 0. The van der Waals surface area contributed by atoms with Gasteiger partial charge in [0, 0.05) is 13.0 Å². The predicted octanol–water partition coefficient (Wildman–Crippen LogP) is -0.146. The van der Waals surface area contributed by atoms with E-state index in [2.05, 4.69) is 5.32 Å². The van der Waals surface area contributed by atoms with Crippen molar-refractivity contribution < 1.29 is 19.1 Å². The summed E-state index contributed by atoms with van der Waals surface area (Å²) in [6.45, 7) is 3.99. The first-order valence-electron chi connectivity index (χ1n) is 6.28. The minimum absolute atomic E-state index is 0.000238. The van der Waals surface area contributed by atoms with Crippen molar-refractivity contribution in [2.45, 2.75) is 26.2 Å². The highest BCUT2D eigenvalue weighted by atomic mass is 16.5. The molecule has 0 atom stereocenters. The molecule has 0 aliphatic heterocycles. The third kappa shape index (κ3) is 13.1. The second kappa shape index (κ2) is 12.5. The van der Waals surface area contributed by atoms with Crippen LogP contribution in [0.3, 0.4) is 0 Å². The summed E-state index contributed by atoms with van der Waals surface area (Å²) >= 11 is 0. The quantitative estimate of drug-likeness (QED) is 0.476. The lowest BCUT2D eigenvalue weighted by Gasteiger charge is -2.06. The standard InChI is InChI=1S/C12H24N2O4/c1-11(15)10-18-9-8-17-7-6-14-12(16)4-2-3-5-13/h2-10,13H2,1H3,(H,14,16). The SMILES string of the molecule is CC(=O)COCCOCCNC(=O)CCCCN. The number of Topliss-reactive ketones (excluding diaryl/α,β-unsaturated/α-hetero) is 1. The van der Waals surface area contributed by atoms with Crippen LogP contribution in [0.1, 0.15) is 26.2 Å². The number of amides is 1. The molecule has 0 unspecified atom stereocenters.